The van der Waals surface area contributed by atoms with E-state index in [0.717, 1.165) is 12.8 Å². The summed E-state index contributed by atoms with van der Waals surface area (Å²) in [7, 11) is 0. The molecule has 6 atom stereocenters. The van der Waals surface area contributed by atoms with Crippen molar-refractivity contribution in [1.82, 2.24) is 0 Å². The van der Waals surface area contributed by atoms with Crippen molar-refractivity contribution in [3.05, 3.63) is 11.3 Å². The van der Waals surface area contributed by atoms with Crippen LogP contribution in [-0.2, 0) is 14.2 Å². The second-order valence-electron chi connectivity index (χ2n) is 7.42. The molecule has 1 spiro atoms. The largest absolute Gasteiger partial charge is 0.456 e. The molecule has 3 nitrogen and oxygen atoms in total. The van der Waals surface area contributed by atoms with Crippen molar-refractivity contribution < 1.29 is 27.4 Å². The summed E-state index contributed by atoms with van der Waals surface area (Å²) in [6.45, 7) is 5.52. The number of hydrogen-bond acceptors (Lipinski definition) is 3. The number of fused-ring (bicyclic) bond motifs is 1. The molecule has 3 aliphatic heterocycles. The molecule has 3 heterocycles. The Kier molecular flexibility index (Phi) is 2.83. The Hall–Kier alpha value is -0.750. The summed E-state index contributed by atoms with van der Waals surface area (Å²) < 4.78 is 57.4. The molecule has 6 heteroatoms. The fourth-order valence-electron chi connectivity index (χ4n) is 5.17. The molecule has 4 rings (SSSR count). The highest BCUT2D eigenvalue weighted by atomic mass is 19.4. The van der Waals surface area contributed by atoms with Gasteiger partial charge in [-0.1, -0.05) is 6.92 Å². The van der Waals surface area contributed by atoms with Crippen LogP contribution in [0.15, 0.2) is 11.3 Å². The van der Waals surface area contributed by atoms with Gasteiger partial charge in [-0.3, -0.25) is 0 Å². The summed E-state index contributed by atoms with van der Waals surface area (Å²) >= 11 is 0. The molecular weight excluding hydrogens is 297 g/mol. The third kappa shape index (κ3) is 1.71. The zero-order chi connectivity index (χ0) is 15.9. The van der Waals surface area contributed by atoms with Gasteiger partial charge in [0.25, 0.3) is 0 Å². The summed E-state index contributed by atoms with van der Waals surface area (Å²) in [4.78, 5) is 0. The van der Waals surface area contributed by atoms with Gasteiger partial charge in [0.1, 0.15) is 5.60 Å². The minimum atomic E-state index is -4.48. The van der Waals surface area contributed by atoms with Crippen LogP contribution in [0.1, 0.15) is 46.5 Å². The molecule has 0 aromatic carbocycles. The van der Waals surface area contributed by atoms with Crippen molar-refractivity contribution in [2.75, 3.05) is 0 Å². The smallest absolute Gasteiger partial charge is 0.448 e. The summed E-state index contributed by atoms with van der Waals surface area (Å²) in [5, 5.41) is 0. The topological polar surface area (TPSA) is 27.7 Å². The number of halogens is 3. The Labute approximate surface area is 127 Å². The van der Waals surface area contributed by atoms with Crippen LogP contribution in [-0.4, -0.2) is 23.9 Å². The van der Waals surface area contributed by atoms with E-state index in [-0.39, 0.29) is 17.4 Å². The summed E-state index contributed by atoms with van der Waals surface area (Å²) in [6, 6.07) is 0. The molecule has 4 aliphatic rings. The molecule has 3 fully saturated rings. The van der Waals surface area contributed by atoms with Crippen molar-refractivity contribution in [1.29, 1.82) is 0 Å². The number of rotatable bonds is 0. The fourth-order valence-corrected chi connectivity index (χ4v) is 5.17. The molecule has 124 valence electrons. The van der Waals surface area contributed by atoms with Crippen molar-refractivity contribution in [2.45, 2.75) is 70.3 Å². The maximum Gasteiger partial charge on any atom is 0.448 e. The maximum absolute atomic E-state index is 13.3. The van der Waals surface area contributed by atoms with Crippen LogP contribution in [0.4, 0.5) is 13.2 Å². The summed E-state index contributed by atoms with van der Waals surface area (Å²) in [5.74, 6) is -1.37. The molecule has 0 amide bonds. The Morgan fingerprint density at radius 3 is 2.59 bits per heavy atom. The highest BCUT2D eigenvalue weighted by Crippen LogP contribution is 2.63. The van der Waals surface area contributed by atoms with E-state index < -0.39 is 29.6 Å². The number of hydrogen-bond donors (Lipinski definition) is 0. The van der Waals surface area contributed by atoms with E-state index in [9.17, 15) is 13.2 Å². The van der Waals surface area contributed by atoms with Crippen LogP contribution in [0.3, 0.4) is 0 Å². The molecule has 2 bridgehead atoms. The molecule has 22 heavy (non-hydrogen) atoms. The normalized spacial score (nSPS) is 50.6. The fraction of sp³-hybridized carbons (Fsp3) is 0.875. The molecule has 2 unspecified atom stereocenters. The molecule has 0 aromatic rings. The lowest BCUT2D eigenvalue weighted by molar-refractivity contribution is -0.248. The van der Waals surface area contributed by atoms with Gasteiger partial charge in [-0.25, -0.2) is 0 Å². The molecular formula is C16H21F3O3. The first-order valence-electron chi connectivity index (χ1n) is 8.00. The Morgan fingerprint density at radius 2 is 1.91 bits per heavy atom. The molecule has 1 saturated carbocycles. The van der Waals surface area contributed by atoms with Crippen molar-refractivity contribution >= 4 is 0 Å². The second-order valence-corrected chi connectivity index (χ2v) is 7.42. The van der Waals surface area contributed by atoms with E-state index >= 15 is 0 Å². The Bertz CT molecular complexity index is 543. The van der Waals surface area contributed by atoms with Crippen LogP contribution in [0, 0.1) is 17.8 Å². The van der Waals surface area contributed by atoms with Gasteiger partial charge < -0.3 is 14.2 Å². The first kappa shape index (κ1) is 14.8. The lowest BCUT2D eigenvalue weighted by Gasteiger charge is -2.55. The van der Waals surface area contributed by atoms with Gasteiger partial charge in [0.05, 0.1) is 0 Å². The van der Waals surface area contributed by atoms with E-state index in [1.54, 1.807) is 6.92 Å². The van der Waals surface area contributed by atoms with Crippen LogP contribution in [0.5, 0.6) is 0 Å². The predicted molar refractivity (Wildman–Crippen MR) is 71.5 cm³/mol. The van der Waals surface area contributed by atoms with Crippen molar-refractivity contribution in [2.24, 2.45) is 17.8 Å². The Morgan fingerprint density at radius 1 is 1.18 bits per heavy atom. The lowest BCUT2D eigenvalue weighted by atomic mass is 9.58. The number of alkyl halides is 3. The average Bonchev–Trinajstić information content (AvgIpc) is 2.62. The number of allylic oxidation sites excluding steroid dienone is 1. The van der Waals surface area contributed by atoms with E-state index in [4.69, 9.17) is 14.2 Å². The van der Waals surface area contributed by atoms with Crippen LogP contribution in [0.25, 0.3) is 0 Å². The molecule has 0 N–H and O–H groups in total. The van der Waals surface area contributed by atoms with Crippen molar-refractivity contribution in [3.8, 4) is 0 Å². The predicted octanol–water partition coefficient (Wildman–Crippen LogP) is 4.14. The van der Waals surface area contributed by atoms with E-state index in [1.165, 1.54) is 0 Å². The van der Waals surface area contributed by atoms with Gasteiger partial charge in [-0.2, -0.15) is 13.2 Å². The quantitative estimate of drug-likeness (QED) is 0.672. The van der Waals surface area contributed by atoms with Gasteiger partial charge >= 0.3 is 6.18 Å². The monoisotopic (exact) mass is 318 g/mol. The highest BCUT2D eigenvalue weighted by Gasteiger charge is 2.71. The summed E-state index contributed by atoms with van der Waals surface area (Å²) in [5.41, 5.74) is -0.473. The summed E-state index contributed by atoms with van der Waals surface area (Å²) in [6.07, 6.45) is -2.18. The van der Waals surface area contributed by atoms with Crippen LogP contribution >= 0.6 is 0 Å². The van der Waals surface area contributed by atoms with Crippen molar-refractivity contribution in [3.63, 3.8) is 0 Å². The van der Waals surface area contributed by atoms with Gasteiger partial charge in [-0.15, -0.1) is 0 Å². The first-order valence-corrected chi connectivity index (χ1v) is 8.00. The zero-order valence-electron chi connectivity index (χ0n) is 13.0. The molecule has 0 aromatic heterocycles. The van der Waals surface area contributed by atoms with Gasteiger partial charge in [0, 0.05) is 12.3 Å². The van der Waals surface area contributed by atoms with Gasteiger partial charge in [0.15, 0.2) is 5.79 Å². The minimum absolute atomic E-state index is 0.191. The van der Waals surface area contributed by atoms with E-state index in [1.807, 2.05) is 6.92 Å². The van der Waals surface area contributed by atoms with Gasteiger partial charge in [-0.05, 0) is 50.5 Å². The Balaban J connectivity index is 1.85. The van der Waals surface area contributed by atoms with E-state index in [2.05, 4.69) is 6.92 Å². The molecule has 1 aliphatic carbocycles. The first-order chi connectivity index (χ1) is 10.2. The maximum atomic E-state index is 13.3. The van der Waals surface area contributed by atoms with Gasteiger partial charge in [0.2, 0.25) is 12.0 Å². The minimum Gasteiger partial charge on any atom is -0.456 e. The van der Waals surface area contributed by atoms with Crippen LogP contribution in [0.2, 0.25) is 0 Å². The average molecular weight is 318 g/mol. The second kappa shape index (κ2) is 4.20. The highest BCUT2D eigenvalue weighted by molar-refractivity contribution is 5.27. The zero-order valence-corrected chi connectivity index (χ0v) is 13.0. The molecule has 2 saturated heterocycles. The standard InChI is InChI=1S/C16H21F3O3/c1-8-4-5-11-9(2)12(16(17,18)19)20-13-15(11)10(8)6-7-14(3,21-13)22-15/h8,10-11,13H,4-7H2,1-3H3/t8-,10?,11+,13-,14?,15-/m1/s1. The SMILES string of the molecule is CC1=C(C(F)(F)F)O[C@@H]2OC3(C)CCC4[C@H](C)CC[C@@H]1[C@]42O3. The van der Waals surface area contributed by atoms with Crippen LogP contribution < -0.4 is 0 Å². The molecule has 0 radical (unpaired) electrons. The third-order valence-electron chi connectivity index (χ3n) is 6.11. The third-order valence-corrected chi connectivity index (χ3v) is 6.11. The number of ether oxygens (including phenoxy) is 3. The lowest BCUT2D eigenvalue weighted by Crippen LogP contribution is -2.62. The van der Waals surface area contributed by atoms with E-state index in [0.29, 0.717) is 18.8 Å².